The Labute approximate surface area is 90.9 Å². The van der Waals surface area contributed by atoms with E-state index in [1.54, 1.807) is 0 Å². The van der Waals surface area contributed by atoms with Gasteiger partial charge in [0.2, 0.25) is 0 Å². The molecule has 14 heavy (non-hydrogen) atoms. The molecular formula is C8H20ClNO4. The van der Waals surface area contributed by atoms with Crippen molar-refractivity contribution in [3.8, 4) is 0 Å². The average Bonchev–Trinajstić information content (AvgIpc) is 2.16. The molecule has 0 fully saturated rings. The molecule has 0 heterocycles. The highest BCUT2D eigenvalue weighted by molar-refractivity contribution is 5.85. The third-order valence-corrected chi connectivity index (χ3v) is 1.24. The number of halogens is 1. The molecule has 0 saturated heterocycles. The highest BCUT2D eigenvalue weighted by Gasteiger charge is 1.89. The van der Waals surface area contributed by atoms with Gasteiger partial charge in [0.1, 0.15) is 0 Å². The maximum absolute atomic E-state index is 8.37. The summed E-state index contributed by atoms with van der Waals surface area (Å²) in [6, 6.07) is 0. The third-order valence-electron chi connectivity index (χ3n) is 1.24. The van der Waals surface area contributed by atoms with Crippen molar-refractivity contribution in [3.05, 3.63) is 0 Å². The van der Waals surface area contributed by atoms with E-state index in [1.807, 2.05) is 0 Å². The maximum atomic E-state index is 8.37. The van der Waals surface area contributed by atoms with E-state index in [4.69, 9.17) is 25.1 Å². The second-order valence-corrected chi connectivity index (χ2v) is 2.35. The van der Waals surface area contributed by atoms with Gasteiger partial charge in [-0.05, 0) is 0 Å². The maximum Gasteiger partial charge on any atom is 0.0701 e. The van der Waals surface area contributed by atoms with Crippen molar-refractivity contribution in [2.24, 2.45) is 5.73 Å². The Morgan fingerprint density at radius 3 is 1.64 bits per heavy atom. The lowest BCUT2D eigenvalue weighted by Gasteiger charge is -2.04. The summed E-state index contributed by atoms with van der Waals surface area (Å²) in [7, 11) is 0. The molecule has 0 saturated carbocycles. The molecule has 0 radical (unpaired) electrons. The van der Waals surface area contributed by atoms with Crippen LogP contribution in [0, 0.1) is 0 Å². The van der Waals surface area contributed by atoms with Crippen LogP contribution in [0.5, 0.6) is 0 Å². The molecule has 0 spiro atoms. The molecule has 0 amide bonds. The van der Waals surface area contributed by atoms with Crippen LogP contribution in [0.2, 0.25) is 0 Å². The fraction of sp³-hybridized carbons (Fsp3) is 1.00. The van der Waals surface area contributed by atoms with E-state index in [1.165, 1.54) is 0 Å². The van der Waals surface area contributed by atoms with Gasteiger partial charge in [0.15, 0.2) is 0 Å². The molecule has 0 aliphatic carbocycles. The minimum Gasteiger partial charge on any atom is -0.394 e. The van der Waals surface area contributed by atoms with Crippen LogP contribution in [-0.2, 0) is 14.2 Å². The molecule has 88 valence electrons. The van der Waals surface area contributed by atoms with Crippen molar-refractivity contribution >= 4 is 12.4 Å². The Bertz CT molecular complexity index is 87.4. The number of hydrogen-bond donors (Lipinski definition) is 2. The van der Waals surface area contributed by atoms with Crippen LogP contribution in [0.25, 0.3) is 0 Å². The Kier molecular flexibility index (Phi) is 18.4. The summed E-state index contributed by atoms with van der Waals surface area (Å²) >= 11 is 0. The van der Waals surface area contributed by atoms with Crippen LogP contribution in [0.15, 0.2) is 0 Å². The summed E-state index contributed by atoms with van der Waals surface area (Å²) < 4.78 is 15.2. The standard InChI is InChI=1S/C8H19NO4.ClH/c9-1-3-11-5-7-13-8-6-12-4-2-10;/h10H,1-9H2;1H. The van der Waals surface area contributed by atoms with Gasteiger partial charge in [0, 0.05) is 6.54 Å². The van der Waals surface area contributed by atoms with Crippen molar-refractivity contribution < 1.29 is 19.3 Å². The van der Waals surface area contributed by atoms with Crippen molar-refractivity contribution in [2.45, 2.75) is 0 Å². The number of ether oxygens (including phenoxy) is 3. The fourth-order valence-corrected chi connectivity index (χ4v) is 0.690. The van der Waals surface area contributed by atoms with E-state index < -0.39 is 0 Å². The van der Waals surface area contributed by atoms with Crippen LogP contribution in [0.4, 0.5) is 0 Å². The van der Waals surface area contributed by atoms with E-state index in [0.29, 0.717) is 46.2 Å². The molecule has 0 atom stereocenters. The van der Waals surface area contributed by atoms with Gasteiger partial charge in [0.05, 0.1) is 46.2 Å². The summed E-state index contributed by atoms with van der Waals surface area (Å²) in [5.74, 6) is 0. The predicted molar refractivity (Wildman–Crippen MR) is 55.8 cm³/mol. The minimum atomic E-state index is 0. The lowest BCUT2D eigenvalue weighted by molar-refractivity contribution is 0.00888. The van der Waals surface area contributed by atoms with Gasteiger partial charge in [-0.3, -0.25) is 0 Å². The molecule has 0 aliphatic rings. The molecule has 0 aliphatic heterocycles. The normalized spacial score (nSPS) is 9.86. The van der Waals surface area contributed by atoms with E-state index in [0.717, 1.165) is 0 Å². The zero-order valence-electron chi connectivity index (χ0n) is 8.31. The first kappa shape index (κ1) is 16.5. The van der Waals surface area contributed by atoms with E-state index in [2.05, 4.69) is 0 Å². The molecule has 0 bridgehead atoms. The van der Waals surface area contributed by atoms with E-state index in [9.17, 15) is 0 Å². The highest BCUT2D eigenvalue weighted by atomic mass is 35.5. The van der Waals surface area contributed by atoms with Gasteiger partial charge < -0.3 is 25.1 Å². The molecule has 0 rings (SSSR count). The molecule has 0 unspecified atom stereocenters. The average molecular weight is 230 g/mol. The summed E-state index contributed by atoms with van der Waals surface area (Å²) in [6.45, 7) is 3.71. The van der Waals surface area contributed by atoms with Gasteiger partial charge in [0.25, 0.3) is 0 Å². The first-order valence-electron chi connectivity index (χ1n) is 4.46. The second kappa shape index (κ2) is 15.6. The quantitative estimate of drug-likeness (QED) is 0.490. The van der Waals surface area contributed by atoms with Crippen molar-refractivity contribution in [1.29, 1.82) is 0 Å². The topological polar surface area (TPSA) is 73.9 Å². The van der Waals surface area contributed by atoms with E-state index in [-0.39, 0.29) is 19.0 Å². The van der Waals surface area contributed by atoms with Gasteiger partial charge in [-0.15, -0.1) is 12.4 Å². The summed E-state index contributed by atoms with van der Waals surface area (Å²) in [5.41, 5.74) is 5.21. The summed E-state index contributed by atoms with van der Waals surface area (Å²) in [6.07, 6.45) is 0. The lowest BCUT2D eigenvalue weighted by atomic mass is 10.7. The van der Waals surface area contributed by atoms with Gasteiger partial charge in [-0.1, -0.05) is 0 Å². The molecular weight excluding hydrogens is 210 g/mol. The summed E-state index contributed by atoms with van der Waals surface area (Å²) in [4.78, 5) is 0. The summed E-state index contributed by atoms with van der Waals surface area (Å²) in [5, 5.41) is 8.37. The largest absolute Gasteiger partial charge is 0.394 e. The molecule has 5 nitrogen and oxygen atoms in total. The fourth-order valence-electron chi connectivity index (χ4n) is 0.690. The molecule has 0 aromatic heterocycles. The lowest BCUT2D eigenvalue weighted by Crippen LogP contribution is -2.14. The number of aliphatic hydroxyl groups is 1. The SMILES string of the molecule is Cl.NCCOCCOCCOCCO. The molecule has 0 aromatic rings. The third kappa shape index (κ3) is 14.6. The van der Waals surface area contributed by atoms with Gasteiger partial charge in [-0.25, -0.2) is 0 Å². The Hall–Kier alpha value is 0.0900. The smallest absolute Gasteiger partial charge is 0.0701 e. The molecule has 6 heteroatoms. The zero-order chi connectivity index (χ0) is 9.78. The van der Waals surface area contributed by atoms with Gasteiger partial charge >= 0.3 is 0 Å². The Morgan fingerprint density at radius 1 is 0.786 bits per heavy atom. The highest BCUT2D eigenvalue weighted by Crippen LogP contribution is 1.80. The first-order valence-corrected chi connectivity index (χ1v) is 4.46. The minimum absolute atomic E-state index is 0. The van der Waals surface area contributed by atoms with Crippen molar-refractivity contribution in [3.63, 3.8) is 0 Å². The number of rotatable bonds is 10. The van der Waals surface area contributed by atoms with Crippen molar-refractivity contribution in [2.75, 3.05) is 52.8 Å². The monoisotopic (exact) mass is 229 g/mol. The van der Waals surface area contributed by atoms with Crippen molar-refractivity contribution in [1.82, 2.24) is 0 Å². The first-order chi connectivity index (χ1) is 6.41. The van der Waals surface area contributed by atoms with Gasteiger partial charge in [-0.2, -0.15) is 0 Å². The molecule has 0 aromatic carbocycles. The van der Waals surface area contributed by atoms with Crippen LogP contribution in [-0.4, -0.2) is 57.9 Å². The Morgan fingerprint density at radius 2 is 1.21 bits per heavy atom. The molecule has 3 N–H and O–H groups in total. The van der Waals surface area contributed by atoms with Crippen LogP contribution in [0.1, 0.15) is 0 Å². The van der Waals surface area contributed by atoms with Crippen LogP contribution >= 0.6 is 12.4 Å². The second-order valence-electron chi connectivity index (χ2n) is 2.35. The number of nitrogens with two attached hydrogens (primary N) is 1. The predicted octanol–water partition coefficient (Wildman–Crippen LogP) is -0.591. The van der Waals surface area contributed by atoms with Crippen LogP contribution < -0.4 is 5.73 Å². The number of aliphatic hydroxyl groups excluding tert-OH is 1. The Balaban J connectivity index is 0. The zero-order valence-corrected chi connectivity index (χ0v) is 9.13. The van der Waals surface area contributed by atoms with Crippen LogP contribution in [0.3, 0.4) is 0 Å². The number of hydrogen-bond acceptors (Lipinski definition) is 5. The van der Waals surface area contributed by atoms with E-state index >= 15 is 0 Å².